The smallest absolute Gasteiger partial charge is 0.315 e. The van der Waals surface area contributed by atoms with E-state index >= 15 is 0 Å². The van der Waals surface area contributed by atoms with Crippen LogP contribution in [0.25, 0.3) is 16.9 Å². The molecule has 0 spiro atoms. The number of rotatable bonds is 11. The molecule has 1 heterocycles. The van der Waals surface area contributed by atoms with Gasteiger partial charge < -0.3 is 15.5 Å². The minimum absolute atomic E-state index is 0.137. The minimum atomic E-state index is -0.364. The standard InChI is InChI=1S/C34H40FN5O2/c1-6-7-20-39(34(42)37-33-28(23(2)3)14-11-15-29(33)24(4)5)22-32(41)36-31-21-30(25-12-9-8-10-13-25)38-40(31)27-18-16-26(35)17-19-27/h8-19,21,23-24H,6-7,20,22H2,1-5H3,(H,36,41)(H,37,42). The summed E-state index contributed by atoms with van der Waals surface area (Å²) in [6.07, 6.45) is 1.64. The monoisotopic (exact) mass is 569 g/mol. The molecule has 1 aromatic heterocycles. The minimum Gasteiger partial charge on any atom is -0.315 e. The van der Waals surface area contributed by atoms with Crippen LogP contribution >= 0.6 is 0 Å². The number of unbranched alkanes of at least 4 members (excludes halogenated alkanes) is 1. The van der Waals surface area contributed by atoms with E-state index in [4.69, 9.17) is 5.10 Å². The van der Waals surface area contributed by atoms with E-state index in [1.165, 1.54) is 12.1 Å². The molecule has 2 N–H and O–H groups in total. The Morgan fingerprint density at radius 2 is 1.52 bits per heavy atom. The van der Waals surface area contributed by atoms with Crippen LogP contribution in [0.5, 0.6) is 0 Å². The number of urea groups is 1. The highest BCUT2D eigenvalue weighted by atomic mass is 19.1. The fourth-order valence-electron chi connectivity index (χ4n) is 4.84. The van der Waals surface area contributed by atoms with Crippen LogP contribution in [-0.2, 0) is 4.79 Å². The van der Waals surface area contributed by atoms with Gasteiger partial charge in [-0.05, 0) is 53.6 Å². The van der Waals surface area contributed by atoms with Gasteiger partial charge in [-0.25, -0.2) is 13.9 Å². The lowest BCUT2D eigenvalue weighted by atomic mass is 9.93. The third-order valence-corrected chi connectivity index (χ3v) is 7.13. The number of hydrogen-bond acceptors (Lipinski definition) is 3. The van der Waals surface area contributed by atoms with Crippen molar-refractivity contribution < 1.29 is 14.0 Å². The summed E-state index contributed by atoms with van der Waals surface area (Å²) < 4.78 is 15.2. The number of anilines is 2. The highest BCUT2D eigenvalue weighted by Gasteiger charge is 2.22. The second kappa shape index (κ2) is 13.9. The molecule has 42 heavy (non-hydrogen) atoms. The Labute approximate surface area is 247 Å². The number of halogens is 1. The zero-order valence-corrected chi connectivity index (χ0v) is 25.0. The Bertz CT molecular complexity index is 1470. The van der Waals surface area contributed by atoms with Gasteiger partial charge in [-0.15, -0.1) is 0 Å². The maximum atomic E-state index is 13.7. The number of hydrogen-bond donors (Lipinski definition) is 2. The molecule has 0 radical (unpaired) electrons. The normalized spacial score (nSPS) is 11.1. The lowest BCUT2D eigenvalue weighted by Gasteiger charge is -2.26. The van der Waals surface area contributed by atoms with Crippen LogP contribution in [-0.4, -0.2) is 39.7 Å². The zero-order valence-electron chi connectivity index (χ0n) is 25.0. The van der Waals surface area contributed by atoms with E-state index in [0.717, 1.165) is 35.2 Å². The highest BCUT2D eigenvalue weighted by Crippen LogP contribution is 2.32. The zero-order chi connectivity index (χ0) is 30.2. The molecule has 7 nitrogen and oxygen atoms in total. The predicted molar refractivity (Wildman–Crippen MR) is 168 cm³/mol. The van der Waals surface area contributed by atoms with Crippen LogP contribution in [0.2, 0.25) is 0 Å². The average molecular weight is 570 g/mol. The lowest BCUT2D eigenvalue weighted by molar-refractivity contribution is -0.116. The summed E-state index contributed by atoms with van der Waals surface area (Å²) in [5.74, 6) is 0.143. The highest BCUT2D eigenvalue weighted by molar-refractivity contribution is 5.97. The second-order valence-corrected chi connectivity index (χ2v) is 11.0. The van der Waals surface area contributed by atoms with E-state index in [2.05, 4.69) is 38.3 Å². The van der Waals surface area contributed by atoms with Crippen molar-refractivity contribution in [2.24, 2.45) is 0 Å². The molecule has 220 valence electrons. The third-order valence-electron chi connectivity index (χ3n) is 7.13. The average Bonchev–Trinajstić information content (AvgIpc) is 3.39. The number of benzene rings is 3. The summed E-state index contributed by atoms with van der Waals surface area (Å²) in [7, 11) is 0. The molecular formula is C34H40FN5O2. The molecule has 4 rings (SSSR count). The van der Waals surface area contributed by atoms with Crippen molar-refractivity contribution in [2.75, 3.05) is 23.7 Å². The van der Waals surface area contributed by atoms with Crippen LogP contribution in [0.15, 0.2) is 78.9 Å². The van der Waals surface area contributed by atoms with Crippen molar-refractivity contribution >= 4 is 23.4 Å². The van der Waals surface area contributed by atoms with Crippen molar-refractivity contribution in [1.82, 2.24) is 14.7 Å². The Hall–Kier alpha value is -4.46. The first-order valence-electron chi connectivity index (χ1n) is 14.6. The van der Waals surface area contributed by atoms with E-state index < -0.39 is 0 Å². The third kappa shape index (κ3) is 7.43. The van der Waals surface area contributed by atoms with Gasteiger partial charge in [0.25, 0.3) is 0 Å². The summed E-state index contributed by atoms with van der Waals surface area (Å²) in [6.45, 7) is 10.8. The number of carbonyl (C=O) groups excluding carboxylic acids is 2. The molecule has 4 aromatic rings. The first-order valence-corrected chi connectivity index (χ1v) is 14.6. The molecule has 0 fully saturated rings. The van der Waals surface area contributed by atoms with Gasteiger partial charge in [0.1, 0.15) is 18.2 Å². The van der Waals surface area contributed by atoms with E-state index in [9.17, 15) is 14.0 Å². The number of nitrogens with one attached hydrogen (secondary N) is 2. The van der Waals surface area contributed by atoms with Crippen molar-refractivity contribution in [3.05, 3.63) is 95.8 Å². The number of amides is 3. The number of aromatic nitrogens is 2. The van der Waals surface area contributed by atoms with E-state index in [0.29, 0.717) is 23.7 Å². The molecule has 0 aliphatic heterocycles. The number of nitrogens with zero attached hydrogens (tertiary/aromatic N) is 3. The Morgan fingerprint density at radius 3 is 2.12 bits per heavy atom. The van der Waals surface area contributed by atoms with E-state index in [1.807, 2.05) is 55.5 Å². The number of para-hydroxylation sites is 1. The first kappa shape index (κ1) is 30.5. The van der Waals surface area contributed by atoms with Gasteiger partial charge in [0.15, 0.2) is 0 Å². The Kier molecular flexibility index (Phi) is 10.1. The largest absolute Gasteiger partial charge is 0.322 e. The fourth-order valence-corrected chi connectivity index (χ4v) is 4.84. The molecule has 0 unspecified atom stereocenters. The summed E-state index contributed by atoms with van der Waals surface area (Å²) in [4.78, 5) is 28.6. The number of carbonyl (C=O) groups is 2. The van der Waals surface area contributed by atoms with Gasteiger partial charge in [0.2, 0.25) is 5.91 Å². The van der Waals surface area contributed by atoms with Crippen LogP contribution in [0.3, 0.4) is 0 Å². The summed E-state index contributed by atoms with van der Waals surface area (Å²) >= 11 is 0. The molecular weight excluding hydrogens is 529 g/mol. The maximum Gasteiger partial charge on any atom is 0.322 e. The summed E-state index contributed by atoms with van der Waals surface area (Å²) in [6, 6.07) is 23.1. The van der Waals surface area contributed by atoms with Crippen LogP contribution in [0.4, 0.5) is 20.7 Å². The van der Waals surface area contributed by atoms with Crippen molar-refractivity contribution in [2.45, 2.75) is 59.3 Å². The van der Waals surface area contributed by atoms with Gasteiger partial charge in [0, 0.05) is 23.9 Å². The van der Waals surface area contributed by atoms with Crippen molar-refractivity contribution in [3.63, 3.8) is 0 Å². The topological polar surface area (TPSA) is 79.3 Å². The van der Waals surface area contributed by atoms with Crippen LogP contribution in [0, 0.1) is 5.82 Å². The van der Waals surface area contributed by atoms with E-state index in [-0.39, 0.29) is 36.1 Å². The Balaban J connectivity index is 1.59. The molecule has 3 aromatic carbocycles. The van der Waals surface area contributed by atoms with Crippen LogP contribution < -0.4 is 10.6 Å². The maximum absolute atomic E-state index is 13.7. The van der Waals surface area contributed by atoms with Crippen LogP contribution in [0.1, 0.15) is 70.4 Å². The SMILES string of the molecule is CCCCN(CC(=O)Nc1cc(-c2ccccc2)nn1-c1ccc(F)cc1)C(=O)Nc1c(C(C)C)cccc1C(C)C. The molecule has 3 amide bonds. The fraction of sp³-hybridized carbons (Fsp3) is 0.324. The molecule has 0 bridgehead atoms. The molecule has 0 aliphatic rings. The molecule has 8 heteroatoms. The van der Waals surface area contributed by atoms with Gasteiger partial charge in [0.05, 0.1) is 11.4 Å². The quantitative estimate of drug-likeness (QED) is 0.191. The molecule has 0 atom stereocenters. The van der Waals surface area contributed by atoms with Crippen molar-refractivity contribution in [3.8, 4) is 16.9 Å². The summed E-state index contributed by atoms with van der Waals surface area (Å²) in [5, 5.41) is 10.8. The summed E-state index contributed by atoms with van der Waals surface area (Å²) in [5.41, 5.74) is 5.07. The van der Waals surface area contributed by atoms with Gasteiger partial charge in [-0.3, -0.25) is 4.79 Å². The van der Waals surface area contributed by atoms with Crippen molar-refractivity contribution in [1.29, 1.82) is 0 Å². The first-order chi connectivity index (χ1) is 20.2. The molecule has 0 aliphatic carbocycles. The molecule has 0 saturated carbocycles. The predicted octanol–water partition coefficient (Wildman–Crippen LogP) is 8.20. The van der Waals surface area contributed by atoms with Gasteiger partial charge in [-0.1, -0.05) is 89.6 Å². The lowest BCUT2D eigenvalue weighted by Crippen LogP contribution is -2.41. The van der Waals surface area contributed by atoms with Gasteiger partial charge in [-0.2, -0.15) is 5.10 Å². The van der Waals surface area contributed by atoms with Gasteiger partial charge >= 0.3 is 6.03 Å². The molecule has 0 saturated heterocycles. The van der Waals surface area contributed by atoms with E-state index in [1.54, 1.807) is 27.8 Å². The second-order valence-electron chi connectivity index (χ2n) is 11.0. The Morgan fingerprint density at radius 1 is 0.881 bits per heavy atom.